The summed E-state index contributed by atoms with van der Waals surface area (Å²) in [5.74, 6) is -0.457. The number of non-ortho nitro benzene ring substituents is 1. The Balaban J connectivity index is 2.65. The van der Waals surface area contributed by atoms with E-state index in [1.54, 1.807) is 19.2 Å². The zero-order chi connectivity index (χ0) is 16.1. The molecule has 1 aromatic heterocycles. The van der Waals surface area contributed by atoms with Gasteiger partial charge in [0.2, 0.25) is 0 Å². The summed E-state index contributed by atoms with van der Waals surface area (Å²) in [5, 5.41) is 11.5. The van der Waals surface area contributed by atoms with E-state index in [0.717, 1.165) is 18.4 Å². The molecule has 22 heavy (non-hydrogen) atoms. The number of nitrogens with zero attached hydrogens (tertiary/aromatic N) is 2. The lowest BCUT2D eigenvalue weighted by Gasteiger charge is -2.11. The molecular formula is C16H18N2O4. The molecule has 116 valence electrons. The minimum Gasteiger partial charge on any atom is -0.462 e. The molecule has 1 aromatic carbocycles. The van der Waals surface area contributed by atoms with E-state index in [-0.39, 0.29) is 12.3 Å². The highest BCUT2D eigenvalue weighted by atomic mass is 16.6. The molecule has 0 aliphatic heterocycles. The summed E-state index contributed by atoms with van der Waals surface area (Å²) in [4.78, 5) is 27.1. The summed E-state index contributed by atoms with van der Waals surface area (Å²) < 4.78 is 5.12. The van der Waals surface area contributed by atoms with Crippen molar-refractivity contribution in [2.75, 3.05) is 6.61 Å². The highest BCUT2D eigenvalue weighted by Gasteiger charge is 2.19. The Bertz CT molecular complexity index is 713. The summed E-state index contributed by atoms with van der Waals surface area (Å²) in [5.41, 5.74) is 1.65. The number of rotatable bonds is 6. The fourth-order valence-corrected chi connectivity index (χ4v) is 2.34. The number of nitro groups is 1. The van der Waals surface area contributed by atoms with Crippen LogP contribution in [-0.2, 0) is 11.2 Å². The van der Waals surface area contributed by atoms with Crippen LogP contribution in [0, 0.1) is 10.1 Å². The average molecular weight is 302 g/mol. The van der Waals surface area contributed by atoms with Crippen LogP contribution >= 0.6 is 0 Å². The quantitative estimate of drug-likeness (QED) is 0.462. The van der Waals surface area contributed by atoms with Gasteiger partial charge in [0.25, 0.3) is 5.69 Å². The predicted molar refractivity (Wildman–Crippen MR) is 83.0 cm³/mol. The van der Waals surface area contributed by atoms with Crippen molar-refractivity contribution in [3.63, 3.8) is 0 Å². The Morgan fingerprint density at radius 2 is 2.14 bits per heavy atom. The lowest BCUT2D eigenvalue weighted by atomic mass is 9.99. The maximum atomic E-state index is 12.3. The molecule has 0 N–H and O–H groups in total. The van der Waals surface area contributed by atoms with Crippen molar-refractivity contribution in [2.24, 2.45) is 0 Å². The Hall–Kier alpha value is -2.50. The minimum atomic E-state index is -0.479. The van der Waals surface area contributed by atoms with Gasteiger partial charge >= 0.3 is 5.97 Å². The summed E-state index contributed by atoms with van der Waals surface area (Å²) in [6.07, 6.45) is 4.25. The number of ether oxygens (including phenoxy) is 1. The Labute approximate surface area is 128 Å². The first-order valence-electron chi connectivity index (χ1n) is 7.31. The van der Waals surface area contributed by atoms with E-state index < -0.39 is 10.9 Å². The van der Waals surface area contributed by atoms with Gasteiger partial charge in [0, 0.05) is 23.7 Å². The Kier molecular flexibility index (Phi) is 5.04. The van der Waals surface area contributed by atoms with Gasteiger partial charge in [-0.25, -0.2) is 4.79 Å². The van der Waals surface area contributed by atoms with Crippen LogP contribution in [-0.4, -0.2) is 22.5 Å². The van der Waals surface area contributed by atoms with E-state index in [1.165, 1.54) is 12.1 Å². The van der Waals surface area contributed by atoms with Crippen molar-refractivity contribution in [1.82, 2.24) is 4.98 Å². The zero-order valence-corrected chi connectivity index (χ0v) is 12.7. The van der Waals surface area contributed by atoms with Crippen LogP contribution in [0.2, 0.25) is 0 Å². The molecule has 0 amide bonds. The lowest BCUT2D eigenvalue weighted by molar-refractivity contribution is -0.384. The van der Waals surface area contributed by atoms with Crippen molar-refractivity contribution in [3.05, 3.63) is 45.6 Å². The van der Waals surface area contributed by atoms with Gasteiger partial charge in [0.05, 0.1) is 22.6 Å². The number of carbonyl (C=O) groups excluding carboxylic acids is 1. The van der Waals surface area contributed by atoms with Gasteiger partial charge in [0.15, 0.2) is 0 Å². The first kappa shape index (κ1) is 15.9. The SMILES string of the molecule is CCCCc1cnc2ccc([N+](=O)[O-])cc2c1C(=O)OCC. The highest BCUT2D eigenvalue weighted by Crippen LogP contribution is 2.26. The highest BCUT2D eigenvalue weighted by molar-refractivity contribution is 6.05. The third kappa shape index (κ3) is 3.21. The molecule has 0 saturated heterocycles. The van der Waals surface area contributed by atoms with Crippen molar-refractivity contribution in [1.29, 1.82) is 0 Å². The zero-order valence-electron chi connectivity index (χ0n) is 12.7. The summed E-state index contributed by atoms with van der Waals surface area (Å²) in [7, 11) is 0. The number of carbonyl (C=O) groups is 1. The van der Waals surface area contributed by atoms with Crippen LogP contribution in [0.3, 0.4) is 0 Å². The molecule has 6 heteroatoms. The van der Waals surface area contributed by atoms with Crippen molar-refractivity contribution >= 4 is 22.6 Å². The number of pyridine rings is 1. The predicted octanol–water partition coefficient (Wildman–Crippen LogP) is 3.66. The van der Waals surface area contributed by atoms with E-state index in [9.17, 15) is 14.9 Å². The molecule has 2 rings (SSSR count). The fourth-order valence-electron chi connectivity index (χ4n) is 2.34. The maximum Gasteiger partial charge on any atom is 0.339 e. The molecule has 0 aliphatic carbocycles. The molecule has 0 atom stereocenters. The normalized spacial score (nSPS) is 10.6. The van der Waals surface area contributed by atoms with Gasteiger partial charge < -0.3 is 4.74 Å². The van der Waals surface area contributed by atoms with Crippen molar-refractivity contribution in [3.8, 4) is 0 Å². The summed E-state index contributed by atoms with van der Waals surface area (Å²) >= 11 is 0. The van der Waals surface area contributed by atoms with Gasteiger partial charge in [-0.05, 0) is 31.4 Å². The number of aromatic nitrogens is 1. The molecular weight excluding hydrogens is 284 g/mol. The van der Waals surface area contributed by atoms with Crippen LogP contribution in [0.25, 0.3) is 10.9 Å². The molecule has 1 heterocycles. The number of esters is 1. The van der Waals surface area contributed by atoms with Gasteiger partial charge in [-0.3, -0.25) is 15.1 Å². The molecule has 0 unspecified atom stereocenters. The second-order valence-corrected chi connectivity index (χ2v) is 4.94. The van der Waals surface area contributed by atoms with Crippen molar-refractivity contribution in [2.45, 2.75) is 33.1 Å². The van der Waals surface area contributed by atoms with Crippen LogP contribution < -0.4 is 0 Å². The largest absolute Gasteiger partial charge is 0.462 e. The number of aryl methyl sites for hydroxylation is 1. The molecule has 0 fully saturated rings. The Morgan fingerprint density at radius 3 is 2.77 bits per heavy atom. The first-order valence-corrected chi connectivity index (χ1v) is 7.31. The molecule has 0 radical (unpaired) electrons. The number of fused-ring (bicyclic) bond motifs is 1. The molecule has 0 aliphatic rings. The van der Waals surface area contributed by atoms with Crippen LogP contribution in [0.4, 0.5) is 5.69 Å². The summed E-state index contributed by atoms with van der Waals surface area (Å²) in [6, 6.07) is 4.33. The smallest absolute Gasteiger partial charge is 0.339 e. The maximum absolute atomic E-state index is 12.3. The second kappa shape index (κ2) is 6.98. The van der Waals surface area contributed by atoms with E-state index in [4.69, 9.17) is 4.74 Å². The number of hydrogen-bond donors (Lipinski definition) is 0. The monoisotopic (exact) mass is 302 g/mol. The third-order valence-corrected chi connectivity index (χ3v) is 3.42. The first-order chi connectivity index (χ1) is 10.6. The molecule has 0 saturated carbocycles. The third-order valence-electron chi connectivity index (χ3n) is 3.42. The molecule has 0 bridgehead atoms. The molecule has 6 nitrogen and oxygen atoms in total. The van der Waals surface area contributed by atoms with Crippen LogP contribution in [0.1, 0.15) is 42.6 Å². The van der Waals surface area contributed by atoms with Gasteiger partial charge in [-0.1, -0.05) is 13.3 Å². The topological polar surface area (TPSA) is 82.3 Å². The number of benzene rings is 1. The van der Waals surface area contributed by atoms with Crippen molar-refractivity contribution < 1.29 is 14.5 Å². The number of hydrogen-bond acceptors (Lipinski definition) is 5. The lowest BCUT2D eigenvalue weighted by Crippen LogP contribution is -2.10. The van der Waals surface area contributed by atoms with Gasteiger partial charge in [-0.2, -0.15) is 0 Å². The van der Waals surface area contributed by atoms with Gasteiger partial charge in [-0.15, -0.1) is 0 Å². The minimum absolute atomic E-state index is 0.0625. The second-order valence-electron chi connectivity index (χ2n) is 4.94. The number of nitro benzene ring substituents is 1. The standard InChI is InChI=1S/C16H18N2O4/c1-3-5-6-11-10-17-14-8-7-12(18(20)21)9-13(14)15(11)16(19)22-4-2/h7-10H,3-6H2,1-2H3. The van der Waals surface area contributed by atoms with E-state index in [1.807, 2.05) is 0 Å². The number of unbranched alkanes of at least 4 members (excludes halogenated alkanes) is 1. The van der Waals surface area contributed by atoms with E-state index in [2.05, 4.69) is 11.9 Å². The molecule has 0 spiro atoms. The Morgan fingerprint density at radius 1 is 1.36 bits per heavy atom. The van der Waals surface area contributed by atoms with E-state index in [0.29, 0.717) is 22.9 Å². The fraction of sp³-hybridized carbons (Fsp3) is 0.375. The van der Waals surface area contributed by atoms with Crippen LogP contribution in [0.5, 0.6) is 0 Å². The summed E-state index contributed by atoms with van der Waals surface area (Å²) in [6.45, 7) is 4.05. The van der Waals surface area contributed by atoms with Crippen LogP contribution in [0.15, 0.2) is 24.4 Å². The van der Waals surface area contributed by atoms with E-state index >= 15 is 0 Å². The average Bonchev–Trinajstić information content (AvgIpc) is 2.51. The molecule has 2 aromatic rings. The van der Waals surface area contributed by atoms with Gasteiger partial charge in [0.1, 0.15) is 0 Å².